The second-order valence-electron chi connectivity index (χ2n) is 4.16. The summed E-state index contributed by atoms with van der Waals surface area (Å²) in [6.07, 6.45) is 3.28. The molecule has 0 fully saturated rings. The highest BCUT2D eigenvalue weighted by Gasteiger charge is 2.00. The first-order valence-electron chi connectivity index (χ1n) is 5.73. The van der Waals surface area contributed by atoms with Crippen molar-refractivity contribution < 1.29 is 9.90 Å². The zero-order valence-corrected chi connectivity index (χ0v) is 10.1. The molecule has 2 aromatic carbocycles. The van der Waals surface area contributed by atoms with Gasteiger partial charge in [-0.15, -0.1) is 0 Å². The van der Waals surface area contributed by atoms with E-state index in [2.05, 4.69) is 0 Å². The van der Waals surface area contributed by atoms with E-state index in [1.54, 1.807) is 30.3 Å². The van der Waals surface area contributed by atoms with Crippen LogP contribution in [0.1, 0.15) is 21.5 Å². The Bertz CT molecular complexity index is 563. The van der Waals surface area contributed by atoms with Gasteiger partial charge in [0.2, 0.25) is 0 Å². The van der Waals surface area contributed by atoms with Crippen LogP contribution in [0.5, 0.6) is 5.75 Å². The molecule has 1 N–H and O–H groups in total. The van der Waals surface area contributed by atoms with E-state index in [1.807, 2.05) is 31.2 Å². The van der Waals surface area contributed by atoms with Crippen LogP contribution in [0.3, 0.4) is 0 Å². The van der Waals surface area contributed by atoms with E-state index in [1.165, 1.54) is 6.08 Å². The van der Waals surface area contributed by atoms with Crippen LogP contribution in [0.4, 0.5) is 0 Å². The van der Waals surface area contributed by atoms with Crippen LogP contribution in [-0.4, -0.2) is 10.9 Å². The maximum absolute atomic E-state index is 11.9. The number of hydrogen-bond donors (Lipinski definition) is 1. The van der Waals surface area contributed by atoms with E-state index in [0.29, 0.717) is 5.56 Å². The Morgan fingerprint density at radius 3 is 2.22 bits per heavy atom. The molecule has 0 bridgehead atoms. The predicted molar refractivity (Wildman–Crippen MR) is 72.7 cm³/mol. The lowest BCUT2D eigenvalue weighted by Crippen LogP contribution is -1.93. The molecule has 0 aliphatic carbocycles. The van der Waals surface area contributed by atoms with Gasteiger partial charge in [0.05, 0.1) is 0 Å². The molecule has 2 aromatic rings. The quantitative estimate of drug-likeness (QED) is 0.655. The van der Waals surface area contributed by atoms with Crippen molar-refractivity contribution in [2.24, 2.45) is 0 Å². The number of benzene rings is 2. The van der Waals surface area contributed by atoms with E-state index in [4.69, 9.17) is 5.11 Å². The summed E-state index contributed by atoms with van der Waals surface area (Å²) in [5.74, 6) is 0.195. The standard InChI is InChI=1S/C16H14O2/c1-12-2-7-14(8-3-12)16(18)11-6-13-4-9-15(17)10-5-13/h2-11,17H,1H3. The maximum Gasteiger partial charge on any atom is 0.185 e. The summed E-state index contributed by atoms with van der Waals surface area (Å²) in [7, 11) is 0. The Hall–Kier alpha value is -2.35. The summed E-state index contributed by atoms with van der Waals surface area (Å²) >= 11 is 0. The summed E-state index contributed by atoms with van der Waals surface area (Å²) in [6.45, 7) is 1.99. The number of rotatable bonds is 3. The van der Waals surface area contributed by atoms with Crippen LogP contribution in [0.25, 0.3) is 6.08 Å². The molecule has 0 aromatic heterocycles. The van der Waals surface area contributed by atoms with Crippen molar-refractivity contribution in [3.05, 3.63) is 71.3 Å². The average Bonchev–Trinajstić information content (AvgIpc) is 2.38. The van der Waals surface area contributed by atoms with Crippen molar-refractivity contribution in [2.75, 3.05) is 0 Å². The monoisotopic (exact) mass is 238 g/mol. The average molecular weight is 238 g/mol. The highest BCUT2D eigenvalue weighted by molar-refractivity contribution is 6.06. The second kappa shape index (κ2) is 5.32. The molecule has 2 rings (SSSR count). The van der Waals surface area contributed by atoms with Gasteiger partial charge in [-0.2, -0.15) is 0 Å². The lowest BCUT2D eigenvalue weighted by molar-refractivity contribution is 0.104. The Morgan fingerprint density at radius 1 is 1.00 bits per heavy atom. The molecule has 0 heterocycles. The summed E-state index contributed by atoms with van der Waals surface area (Å²) in [5.41, 5.74) is 2.69. The molecule has 0 spiro atoms. The predicted octanol–water partition coefficient (Wildman–Crippen LogP) is 3.60. The molecular formula is C16H14O2. The smallest absolute Gasteiger partial charge is 0.185 e. The Balaban J connectivity index is 2.11. The van der Waals surface area contributed by atoms with Crippen LogP contribution < -0.4 is 0 Å². The van der Waals surface area contributed by atoms with Gasteiger partial charge in [-0.25, -0.2) is 0 Å². The van der Waals surface area contributed by atoms with E-state index in [0.717, 1.165) is 11.1 Å². The summed E-state index contributed by atoms with van der Waals surface area (Å²) < 4.78 is 0. The fourth-order valence-electron chi connectivity index (χ4n) is 1.57. The number of hydrogen-bond acceptors (Lipinski definition) is 2. The van der Waals surface area contributed by atoms with Crippen molar-refractivity contribution >= 4 is 11.9 Å². The largest absolute Gasteiger partial charge is 0.508 e. The van der Waals surface area contributed by atoms with E-state index < -0.39 is 0 Å². The summed E-state index contributed by atoms with van der Waals surface area (Å²) in [5, 5.41) is 9.15. The van der Waals surface area contributed by atoms with Crippen molar-refractivity contribution in [1.29, 1.82) is 0 Å². The van der Waals surface area contributed by atoms with Gasteiger partial charge in [-0.3, -0.25) is 4.79 Å². The van der Waals surface area contributed by atoms with Crippen LogP contribution in [0.2, 0.25) is 0 Å². The van der Waals surface area contributed by atoms with Gasteiger partial charge in [0.25, 0.3) is 0 Å². The highest BCUT2D eigenvalue weighted by atomic mass is 16.3. The van der Waals surface area contributed by atoms with Crippen LogP contribution in [0, 0.1) is 6.92 Å². The van der Waals surface area contributed by atoms with Crippen molar-refractivity contribution in [2.45, 2.75) is 6.92 Å². The number of allylic oxidation sites excluding steroid dienone is 1. The number of carbonyl (C=O) groups is 1. The van der Waals surface area contributed by atoms with E-state index in [9.17, 15) is 4.79 Å². The third-order valence-corrected chi connectivity index (χ3v) is 2.66. The molecule has 0 aliphatic heterocycles. The second-order valence-corrected chi connectivity index (χ2v) is 4.16. The van der Waals surface area contributed by atoms with Crippen molar-refractivity contribution in [1.82, 2.24) is 0 Å². The molecule has 0 aliphatic rings. The fourth-order valence-corrected chi connectivity index (χ4v) is 1.57. The van der Waals surface area contributed by atoms with Gasteiger partial charge < -0.3 is 5.11 Å². The molecule has 0 unspecified atom stereocenters. The Morgan fingerprint density at radius 2 is 1.61 bits per heavy atom. The SMILES string of the molecule is Cc1ccc(C(=O)C=Cc2ccc(O)cc2)cc1. The molecule has 90 valence electrons. The molecule has 0 radical (unpaired) electrons. The van der Waals surface area contributed by atoms with Gasteiger partial charge in [-0.1, -0.05) is 48.0 Å². The zero-order valence-electron chi connectivity index (χ0n) is 10.1. The van der Waals surface area contributed by atoms with E-state index in [-0.39, 0.29) is 11.5 Å². The Labute approximate surface area is 106 Å². The molecular weight excluding hydrogens is 224 g/mol. The number of aromatic hydroxyl groups is 1. The fraction of sp³-hybridized carbons (Fsp3) is 0.0625. The lowest BCUT2D eigenvalue weighted by atomic mass is 10.1. The van der Waals surface area contributed by atoms with Gasteiger partial charge in [-0.05, 0) is 30.7 Å². The first-order chi connectivity index (χ1) is 8.65. The van der Waals surface area contributed by atoms with Crippen molar-refractivity contribution in [3.8, 4) is 5.75 Å². The van der Waals surface area contributed by atoms with Gasteiger partial charge in [0, 0.05) is 5.56 Å². The first-order valence-corrected chi connectivity index (χ1v) is 5.73. The lowest BCUT2D eigenvalue weighted by Gasteiger charge is -1.97. The molecule has 0 saturated carbocycles. The number of phenolic OH excluding ortho intramolecular Hbond substituents is 1. The number of phenols is 1. The normalized spacial score (nSPS) is 10.7. The Kier molecular flexibility index (Phi) is 3.58. The topological polar surface area (TPSA) is 37.3 Å². The minimum Gasteiger partial charge on any atom is -0.508 e. The molecule has 2 heteroatoms. The number of carbonyl (C=O) groups excluding carboxylic acids is 1. The maximum atomic E-state index is 11.9. The number of ketones is 1. The number of aryl methyl sites for hydroxylation is 1. The summed E-state index contributed by atoms with van der Waals surface area (Å²) in [4.78, 5) is 11.9. The molecule has 2 nitrogen and oxygen atoms in total. The van der Waals surface area contributed by atoms with Crippen LogP contribution in [-0.2, 0) is 0 Å². The minimum absolute atomic E-state index is 0.0249. The third kappa shape index (κ3) is 3.08. The highest BCUT2D eigenvalue weighted by Crippen LogP contribution is 2.11. The molecule has 0 amide bonds. The molecule has 18 heavy (non-hydrogen) atoms. The van der Waals surface area contributed by atoms with Gasteiger partial charge >= 0.3 is 0 Å². The summed E-state index contributed by atoms with van der Waals surface area (Å²) in [6, 6.07) is 14.2. The van der Waals surface area contributed by atoms with Gasteiger partial charge in [0.1, 0.15) is 5.75 Å². The first kappa shape index (κ1) is 12.1. The minimum atomic E-state index is -0.0249. The zero-order chi connectivity index (χ0) is 13.0. The van der Waals surface area contributed by atoms with Gasteiger partial charge in [0.15, 0.2) is 5.78 Å². The molecule has 0 saturated heterocycles. The van der Waals surface area contributed by atoms with Crippen molar-refractivity contribution in [3.63, 3.8) is 0 Å². The van der Waals surface area contributed by atoms with Crippen LogP contribution >= 0.6 is 0 Å². The molecule has 0 atom stereocenters. The van der Waals surface area contributed by atoms with E-state index >= 15 is 0 Å². The van der Waals surface area contributed by atoms with Crippen LogP contribution in [0.15, 0.2) is 54.6 Å². The third-order valence-electron chi connectivity index (χ3n) is 2.66.